The quantitative estimate of drug-likeness (QED) is 0.799. The molecule has 2 rings (SSSR count). The van der Waals surface area contributed by atoms with Gasteiger partial charge >= 0.3 is 0 Å². The molecule has 1 atom stereocenters. The Hall–Kier alpha value is -2.63. The minimum atomic E-state index is -0.276. The van der Waals surface area contributed by atoms with E-state index < -0.39 is 0 Å². The number of hydrogen-bond donors (Lipinski definition) is 1. The van der Waals surface area contributed by atoms with Crippen molar-refractivity contribution in [1.82, 2.24) is 10.1 Å². The monoisotopic (exact) mass is 343 g/mol. The smallest absolute Gasteiger partial charge is 0.245 e. The summed E-state index contributed by atoms with van der Waals surface area (Å²) in [5, 5.41) is 6.40. The number of rotatable bonds is 8. The topological polar surface area (TPSA) is 75.4 Å². The minimum absolute atomic E-state index is 0.00642. The average molecular weight is 343 g/mol. The second kappa shape index (κ2) is 9.01. The van der Waals surface area contributed by atoms with E-state index >= 15 is 0 Å². The number of hydrogen-bond acceptors (Lipinski definition) is 4. The Labute approximate surface area is 148 Å². The predicted octanol–water partition coefficient (Wildman–Crippen LogP) is 3.18. The number of anilines is 1. The highest BCUT2D eigenvalue weighted by atomic mass is 16.5. The molecule has 134 valence electrons. The maximum absolute atomic E-state index is 12.6. The van der Waals surface area contributed by atoms with E-state index in [1.165, 1.54) is 0 Å². The third-order valence-corrected chi connectivity index (χ3v) is 4.12. The summed E-state index contributed by atoms with van der Waals surface area (Å²) in [7, 11) is 0. The highest BCUT2D eigenvalue weighted by Crippen LogP contribution is 2.11. The summed E-state index contributed by atoms with van der Waals surface area (Å²) in [6, 6.07) is 11.5. The van der Waals surface area contributed by atoms with Gasteiger partial charge in [0, 0.05) is 18.5 Å². The van der Waals surface area contributed by atoms with Crippen LogP contribution >= 0.6 is 0 Å². The van der Waals surface area contributed by atoms with Crippen LogP contribution in [-0.2, 0) is 16.0 Å². The van der Waals surface area contributed by atoms with Crippen LogP contribution in [-0.4, -0.2) is 34.5 Å². The highest BCUT2D eigenvalue weighted by Gasteiger charge is 2.22. The predicted molar refractivity (Wildman–Crippen MR) is 96.1 cm³/mol. The molecule has 0 saturated heterocycles. The number of aromatic nitrogens is 1. The van der Waals surface area contributed by atoms with E-state index in [1.54, 1.807) is 17.9 Å². The van der Waals surface area contributed by atoms with Gasteiger partial charge in [-0.2, -0.15) is 0 Å². The van der Waals surface area contributed by atoms with Crippen LogP contribution in [0.3, 0.4) is 0 Å². The first kappa shape index (κ1) is 18.7. The summed E-state index contributed by atoms with van der Waals surface area (Å²) in [6.07, 6.45) is 1.83. The van der Waals surface area contributed by atoms with Crippen LogP contribution in [0.5, 0.6) is 0 Å². The first-order chi connectivity index (χ1) is 12.0. The van der Waals surface area contributed by atoms with Crippen LogP contribution in [0.25, 0.3) is 0 Å². The van der Waals surface area contributed by atoms with E-state index in [4.69, 9.17) is 4.52 Å². The fraction of sp³-hybridized carbons (Fsp3) is 0.421. The molecule has 2 amide bonds. The lowest BCUT2D eigenvalue weighted by molar-refractivity contribution is -0.136. The molecule has 6 heteroatoms. The molecule has 6 nitrogen and oxygen atoms in total. The van der Waals surface area contributed by atoms with Crippen molar-refractivity contribution in [3.05, 3.63) is 47.7 Å². The lowest BCUT2D eigenvalue weighted by atomic mass is 10.1. The minimum Gasteiger partial charge on any atom is -0.360 e. The molecule has 1 heterocycles. The van der Waals surface area contributed by atoms with E-state index in [1.807, 2.05) is 44.2 Å². The molecule has 1 aromatic heterocycles. The average Bonchev–Trinajstić information content (AvgIpc) is 3.02. The maximum Gasteiger partial charge on any atom is 0.245 e. The molecule has 0 aliphatic carbocycles. The summed E-state index contributed by atoms with van der Waals surface area (Å²) in [5.74, 6) is 0.683. The van der Waals surface area contributed by atoms with Gasteiger partial charge in [0.15, 0.2) is 5.82 Å². The molecule has 0 bridgehead atoms. The number of carbonyl (C=O) groups excluding carboxylic acids is 2. The number of carbonyl (C=O) groups is 2. The Morgan fingerprint density at radius 1 is 1.28 bits per heavy atom. The molecule has 0 fully saturated rings. The van der Waals surface area contributed by atoms with Crippen LogP contribution in [0.1, 0.15) is 38.0 Å². The Kier molecular flexibility index (Phi) is 6.74. The fourth-order valence-electron chi connectivity index (χ4n) is 2.51. The van der Waals surface area contributed by atoms with Gasteiger partial charge in [-0.3, -0.25) is 9.59 Å². The number of amides is 2. The number of nitrogens with one attached hydrogen (secondary N) is 1. The van der Waals surface area contributed by atoms with Crippen LogP contribution in [0, 0.1) is 6.92 Å². The van der Waals surface area contributed by atoms with Crippen molar-refractivity contribution in [2.45, 2.75) is 46.1 Å². The summed E-state index contributed by atoms with van der Waals surface area (Å²) >= 11 is 0. The molecule has 0 saturated carbocycles. The van der Waals surface area contributed by atoms with E-state index in [0.29, 0.717) is 24.4 Å². The lowest BCUT2D eigenvalue weighted by Gasteiger charge is -2.28. The third kappa shape index (κ3) is 5.74. The Bertz CT molecular complexity index is 697. The van der Waals surface area contributed by atoms with Gasteiger partial charge in [-0.25, -0.2) is 0 Å². The standard InChI is InChI=1S/C19H25N3O3/c1-4-14(2)22(13-18(23)20-17-12-15(3)25-21-17)19(24)11-10-16-8-6-5-7-9-16/h5-9,12,14H,4,10-11,13H2,1-3H3,(H,20,21,23)/t14-/m1/s1. The SMILES string of the molecule is CC[C@@H](C)N(CC(=O)Nc1cc(C)on1)C(=O)CCc1ccccc1. The van der Waals surface area contributed by atoms with Gasteiger partial charge in [0.25, 0.3) is 0 Å². The molecular formula is C19H25N3O3. The zero-order chi connectivity index (χ0) is 18.2. The van der Waals surface area contributed by atoms with Crippen LogP contribution in [0.15, 0.2) is 40.9 Å². The molecular weight excluding hydrogens is 318 g/mol. The van der Waals surface area contributed by atoms with Gasteiger partial charge < -0.3 is 14.7 Å². The van der Waals surface area contributed by atoms with Gasteiger partial charge in [-0.1, -0.05) is 42.4 Å². The molecule has 0 radical (unpaired) electrons. The lowest BCUT2D eigenvalue weighted by Crippen LogP contribution is -2.43. The first-order valence-electron chi connectivity index (χ1n) is 8.56. The van der Waals surface area contributed by atoms with Gasteiger partial charge in [-0.05, 0) is 32.3 Å². The van der Waals surface area contributed by atoms with Gasteiger partial charge in [0.1, 0.15) is 12.3 Å². The van der Waals surface area contributed by atoms with E-state index in [-0.39, 0.29) is 24.4 Å². The van der Waals surface area contributed by atoms with Crippen molar-refractivity contribution >= 4 is 17.6 Å². The molecule has 0 aliphatic heterocycles. The summed E-state index contributed by atoms with van der Waals surface area (Å²) in [4.78, 5) is 26.5. The van der Waals surface area contributed by atoms with Crippen LogP contribution in [0.4, 0.5) is 5.82 Å². The molecule has 0 spiro atoms. The molecule has 1 N–H and O–H groups in total. The first-order valence-corrected chi connectivity index (χ1v) is 8.56. The van der Waals surface area contributed by atoms with Gasteiger partial charge in [0.05, 0.1) is 0 Å². The van der Waals surface area contributed by atoms with Crippen molar-refractivity contribution in [2.75, 3.05) is 11.9 Å². The van der Waals surface area contributed by atoms with E-state index in [9.17, 15) is 9.59 Å². The van der Waals surface area contributed by atoms with Crippen LogP contribution < -0.4 is 5.32 Å². The van der Waals surface area contributed by atoms with E-state index in [0.717, 1.165) is 12.0 Å². The second-order valence-electron chi connectivity index (χ2n) is 6.14. The summed E-state index contributed by atoms with van der Waals surface area (Å²) in [5.41, 5.74) is 1.11. The van der Waals surface area contributed by atoms with Crippen molar-refractivity contribution in [3.8, 4) is 0 Å². The molecule has 1 aromatic carbocycles. The fourth-order valence-corrected chi connectivity index (χ4v) is 2.51. The Morgan fingerprint density at radius 2 is 2.00 bits per heavy atom. The van der Waals surface area contributed by atoms with Gasteiger partial charge in [-0.15, -0.1) is 0 Å². The van der Waals surface area contributed by atoms with Gasteiger partial charge in [0.2, 0.25) is 11.8 Å². The van der Waals surface area contributed by atoms with E-state index in [2.05, 4.69) is 10.5 Å². The second-order valence-corrected chi connectivity index (χ2v) is 6.14. The summed E-state index contributed by atoms with van der Waals surface area (Å²) < 4.78 is 4.93. The Morgan fingerprint density at radius 3 is 2.60 bits per heavy atom. The van der Waals surface area contributed by atoms with Crippen molar-refractivity contribution < 1.29 is 14.1 Å². The maximum atomic E-state index is 12.6. The Balaban J connectivity index is 1.94. The zero-order valence-electron chi connectivity index (χ0n) is 15.0. The number of nitrogens with zero attached hydrogens (tertiary/aromatic N) is 2. The normalized spacial score (nSPS) is 11.8. The van der Waals surface area contributed by atoms with Crippen molar-refractivity contribution in [3.63, 3.8) is 0 Å². The molecule has 25 heavy (non-hydrogen) atoms. The molecule has 2 aromatic rings. The number of aryl methyl sites for hydroxylation is 2. The largest absolute Gasteiger partial charge is 0.360 e. The highest BCUT2D eigenvalue weighted by molar-refractivity contribution is 5.93. The zero-order valence-corrected chi connectivity index (χ0v) is 15.0. The molecule has 0 unspecified atom stereocenters. The third-order valence-electron chi connectivity index (χ3n) is 4.12. The van der Waals surface area contributed by atoms with Crippen LogP contribution in [0.2, 0.25) is 0 Å². The summed E-state index contributed by atoms with van der Waals surface area (Å²) in [6.45, 7) is 5.71. The number of benzene rings is 1. The molecule has 0 aliphatic rings. The van der Waals surface area contributed by atoms with Crippen molar-refractivity contribution in [1.29, 1.82) is 0 Å². The van der Waals surface area contributed by atoms with Crippen molar-refractivity contribution in [2.24, 2.45) is 0 Å².